The van der Waals surface area contributed by atoms with Crippen LogP contribution in [0.5, 0.6) is 0 Å². The van der Waals surface area contributed by atoms with E-state index in [2.05, 4.69) is 90.1 Å². The first-order chi connectivity index (χ1) is 18.9. The molecule has 1 saturated carbocycles. The topological polar surface area (TPSA) is 66.4 Å². The number of oxime groups is 1. The molecule has 6 nitrogen and oxygen atoms in total. The summed E-state index contributed by atoms with van der Waals surface area (Å²) in [6.07, 6.45) is 16.1. The molecule has 41 heavy (non-hydrogen) atoms. The number of carbonyl (C=O) groups excluding carboxylic acids is 1. The van der Waals surface area contributed by atoms with Gasteiger partial charge in [-0.15, -0.1) is 0 Å². The summed E-state index contributed by atoms with van der Waals surface area (Å²) in [7, 11) is -5.31. The zero-order chi connectivity index (χ0) is 31.3. The van der Waals surface area contributed by atoms with Crippen molar-refractivity contribution in [1.82, 2.24) is 0 Å². The summed E-state index contributed by atoms with van der Waals surface area (Å²) in [5, 5.41) is 4.63. The Hall–Kier alpha value is -0.749. The lowest BCUT2D eigenvalue weighted by molar-refractivity contribution is -0.135. The Morgan fingerprint density at radius 2 is 1.56 bits per heavy atom. The van der Waals surface area contributed by atoms with Crippen molar-refractivity contribution < 1.29 is 22.9 Å². The quantitative estimate of drug-likeness (QED) is 0.0582. The number of hydrogen-bond donors (Lipinski definition) is 0. The summed E-state index contributed by atoms with van der Waals surface area (Å²) in [6.45, 7) is 26.9. The van der Waals surface area contributed by atoms with E-state index < -0.39 is 25.0 Å². The average Bonchev–Trinajstić information content (AvgIpc) is 3.10. The highest BCUT2D eigenvalue weighted by Crippen LogP contribution is 2.39. The maximum Gasteiger partial charge on any atom is 0.292 e. The van der Waals surface area contributed by atoms with Gasteiger partial charge < -0.3 is 18.1 Å². The van der Waals surface area contributed by atoms with Crippen LogP contribution in [0.25, 0.3) is 0 Å². The molecule has 1 aliphatic rings. The normalized spacial score (nSPS) is 22.8. The highest BCUT2D eigenvalue weighted by atomic mass is 28.4. The molecule has 0 heterocycles. The van der Waals surface area contributed by atoms with Crippen LogP contribution in [-0.2, 0) is 22.9 Å². The van der Waals surface area contributed by atoms with Crippen LogP contribution in [0.2, 0.25) is 58.9 Å². The Morgan fingerprint density at radius 1 is 0.902 bits per heavy atom. The lowest BCUT2D eigenvalue weighted by atomic mass is 9.86. The average molecular weight is 628 g/mol. The second-order valence-electron chi connectivity index (χ2n) is 15.0. The van der Waals surface area contributed by atoms with Crippen LogP contribution in [-0.4, -0.2) is 54.9 Å². The Labute approximate surface area is 256 Å². The lowest BCUT2D eigenvalue weighted by Crippen LogP contribution is -2.40. The molecule has 0 spiro atoms. The van der Waals surface area contributed by atoms with Crippen LogP contribution >= 0.6 is 0 Å². The van der Waals surface area contributed by atoms with E-state index in [0.29, 0.717) is 18.9 Å². The molecule has 4 atom stereocenters. The minimum absolute atomic E-state index is 0.0369. The molecule has 1 rings (SSSR count). The third-order valence-electron chi connectivity index (χ3n) is 7.10. The van der Waals surface area contributed by atoms with E-state index in [-0.39, 0.29) is 23.6 Å². The van der Waals surface area contributed by atoms with Crippen LogP contribution in [0.3, 0.4) is 0 Å². The zero-order valence-corrected chi connectivity index (χ0v) is 31.9. The summed E-state index contributed by atoms with van der Waals surface area (Å²) in [5.41, 5.74) is 0.875. The van der Waals surface area contributed by atoms with Gasteiger partial charge in [0, 0.05) is 24.7 Å². The fourth-order valence-electron chi connectivity index (χ4n) is 5.71. The van der Waals surface area contributed by atoms with Gasteiger partial charge in [0.2, 0.25) is 8.32 Å². The second-order valence-corrected chi connectivity index (χ2v) is 28.4. The highest BCUT2D eigenvalue weighted by Gasteiger charge is 2.42. The minimum Gasteiger partial charge on any atom is -0.520 e. The fraction of sp³-hybridized carbons (Fsp3) is 0.875. The summed E-state index contributed by atoms with van der Waals surface area (Å²) in [5.74, 6) is 0.510. The van der Waals surface area contributed by atoms with Gasteiger partial charge in [0.15, 0.2) is 16.6 Å². The summed E-state index contributed by atoms with van der Waals surface area (Å²) < 4.78 is 19.2. The Kier molecular flexibility index (Phi) is 16.4. The summed E-state index contributed by atoms with van der Waals surface area (Å²) in [4.78, 5) is 17.7. The molecule has 0 unspecified atom stereocenters. The van der Waals surface area contributed by atoms with Gasteiger partial charge in [-0.05, 0) is 92.0 Å². The SMILES string of the molecule is CCCCC[C@@](C)(/C=C/[C@H]1[C@H](O[Si](C)(C)C)C/C(=N\OCC)[C@@H]1CCCCCCC(=O)O[Si](C)(C)C)O[Si](C)(C)C. The largest absolute Gasteiger partial charge is 0.520 e. The number of unbranched alkanes of at least 4 members (excludes halogenated alkanes) is 5. The molecule has 1 fully saturated rings. The van der Waals surface area contributed by atoms with Gasteiger partial charge in [0.05, 0.1) is 17.4 Å². The molecule has 0 aromatic rings. The van der Waals surface area contributed by atoms with Crippen LogP contribution in [0.1, 0.15) is 91.4 Å². The monoisotopic (exact) mass is 627 g/mol. The predicted octanol–water partition coefficient (Wildman–Crippen LogP) is 9.70. The number of hydrogen-bond acceptors (Lipinski definition) is 6. The Morgan fingerprint density at radius 3 is 2.12 bits per heavy atom. The minimum atomic E-state index is -1.81. The van der Waals surface area contributed by atoms with Crippen molar-refractivity contribution >= 4 is 36.6 Å². The number of nitrogens with zero attached hydrogens (tertiary/aromatic N) is 1. The summed E-state index contributed by atoms with van der Waals surface area (Å²) in [6, 6.07) is 0. The summed E-state index contributed by atoms with van der Waals surface area (Å²) >= 11 is 0. The van der Waals surface area contributed by atoms with E-state index >= 15 is 0 Å². The third kappa shape index (κ3) is 17.2. The van der Waals surface area contributed by atoms with Crippen molar-refractivity contribution in [2.45, 2.75) is 162 Å². The van der Waals surface area contributed by atoms with E-state index in [1.165, 1.54) is 19.3 Å². The van der Waals surface area contributed by atoms with E-state index in [0.717, 1.165) is 50.7 Å². The molecule has 1 aliphatic carbocycles. The smallest absolute Gasteiger partial charge is 0.292 e. The molecule has 0 radical (unpaired) electrons. The number of rotatable bonds is 20. The van der Waals surface area contributed by atoms with E-state index in [9.17, 15) is 4.79 Å². The molecule has 240 valence electrons. The first kappa shape index (κ1) is 38.3. The molecule has 0 bridgehead atoms. The molecular formula is C32H65NO5Si3. The molecule has 0 saturated heterocycles. The maximum atomic E-state index is 12.1. The van der Waals surface area contributed by atoms with Crippen LogP contribution in [0.4, 0.5) is 0 Å². The van der Waals surface area contributed by atoms with Gasteiger partial charge in [-0.3, -0.25) is 4.79 Å². The van der Waals surface area contributed by atoms with Crippen molar-refractivity contribution in [3.63, 3.8) is 0 Å². The van der Waals surface area contributed by atoms with E-state index in [4.69, 9.17) is 18.1 Å². The van der Waals surface area contributed by atoms with E-state index in [1.807, 2.05) is 6.92 Å². The standard InChI is InChI=1S/C32H65NO5Si3/c1-13-15-20-24-32(3,38-41(10,11)12)25-23-28-27(21-18-16-17-19-22-31(34)37-40(7,8)9)29(33-35-14-2)26-30(28)36-39(4,5)6/h23,25,27-28,30H,13-22,24,26H2,1-12H3/b25-23+,33-29+/t27-,28-,30-,32+/m1/s1. The van der Waals surface area contributed by atoms with Gasteiger partial charge in [0.1, 0.15) is 6.61 Å². The van der Waals surface area contributed by atoms with Crippen LogP contribution in [0, 0.1) is 11.8 Å². The molecule has 0 amide bonds. The Balaban J connectivity index is 3.09. The van der Waals surface area contributed by atoms with E-state index in [1.54, 1.807) is 0 Å². The molecule has 9 heteroatoms. The van der Waals surface area contributed by atoms with Crippen molar-refractivity contribution in [3.05, 3.63) is 12.2 Å². The van der Waals surface area contributed by atoms with Crippen molar-refractivity contribution in [2.24, 2.45) is 17.0 Å². The highest BCUT2D eigenvalue weighted by molar-refractivity contribution is 6.71. The molecule has 0 aromatic carbocycles. The first-order valence-corrected chi connectivity index (χ1v) is 26.6. The first-order valence-electron chi connectivity index (χ1n) is 16.4. The number of carbonyl (C=O) groups is 1. The van der Waals surface area contributed by atoms with Crippen molar-refractivity contribution in [1.29, 1.82) is 0 Å². The van der Waals surface area contributed by atoms with Gasteiger partial charge in [-0.25, -0.2) is 0 Å². The van der Waals surface area contributed by atoms with Gasteiger partial charge in [0.25, 0.3) is 5.97 Å². The zero-order valence-electron chi connectivity index (χ0n) is 28.9. The van der Waals surface area contributed by atoms with Gasteiger partial charge in [-0.1, -0.05) is 62.8 Å². The van der Waals surface area contributed by atoms with Gasteiger partial charge in [-0.2, -0.15) is 0 Å². The second kappa shape index (κ2) is 17.5. The lowest BCUT2D eigenvalue weighted by Gasteiger charge is -2.35. The Bertz CT molecular complexity index is 829. The van der Waals surface area contributed by atoms with Crippen LogP contribution < -0.4 is 0 Å². The van der Waals surface area contributed by atoms with Crippen molar-refractivity contribution in [2.75, 3.05) is 6.61 Å². The van der Waals surface area contributed by atoms with Crippen molar-refractivity contribution in [3.8, 4) is 0 Å². The van der Waals surface area contributed by atoms with Gasteiger partial charge >= 0.3 is 0 Å². The molecule has 0 aliphatic heterocycles. The maximum absolute atomic E-state index is 12.1. The third-order valence-corrected chi connectivity index (χ3v) is 10.0. The predicted molar refractivity (Wildman–Crippen MR) is 182 cm³/mol. The van der Waals surface area contributed by atoms with Crippen LogP contribution in [0.15, 0.2) is 17.3 Å². The molecule has 0 N–H and O–H groups in total. The fourth-order valence-corrected chi connectivity index (χ4v) is 9.21. The molecule has 0 aromatic heterocycles. The molecular weight excluding hydrogens is 563 g/mol.